The molecule has 1 amide bonds. The zero-order valence-electron chi connectivity index (χ0n) is 9.38. The molecular formula is C11H22N2O. The molecule has 3 nitrogen and oxygen atoms in total. The largest absolute Gasteiger partial charge is 0.340 e. The van der Waals surface area contributed by atoms with E-state index in [0.29, 0.717) is 6.04 Å². The monoisotopic (exact) mass is 198 g/mol. The minimum atomic E-state index is 0.249. The van der Waals surface area contributed by atoms with Gasteiger partial charge in [0.05, 0.1) is 0 Å². The molecule has 1 N–H and O–H groups in total. The summed E-state index contributed by atoms with van der Waals surface area (Å²) in [6.07, 6.45) is 5.99. The molecule has 1 atom stereocenters. The summed E-state index contributed by atoms with van der Waals surface area (Å²) in [5, 5.41) is 3.15. The third-order valence-corrected chi connectivity index (χ3v) is 3.00. The van der Waals surface area contributed by atoms with Crippen LogP contribution in [0.2, 0.25) is 0 Å². The van der Waals surface area contributed by atoms with Gasteiger partial charge in [-0.3, -0.25) is 4.79 Å². The third kappa shape index (κ3) is 3.29. The second kappa shape index (κ2) is 6.02. The van der Waals surface area contributed by atoms with Crippen LogP contribution in [-0.2, 0) is 4.79 Å². The maximum absolute atomic E-state index is 11.4. The quantitative estimate of drug-likeness (QED) is 0.692. The molecule has 3 heteroatoms. The van der Waals surface area contributed by atoms with Crippen molar-refractivity contribution in [2.45, 2.75) is 45.1 Å². The minimum absolute atomic E-state index is 0.249. The predicted molar refractivity (Wildman–Crippen MR) is 58.2 cm³/mol. The van der Waals surface area contributed by atoms with E-state index in [0.717, 1.165) is 19.5 Å². The number of amides is 1. The average Bonchev–Trinajstić information content (AvgIpc) is 2.19. The van der Waals surface area contributed by atoms with Crippen LogP contribution in [0, 0.1) is 0 Å². The number of likely N-dealkylation sites (tertiary alicyclic amines) is 1. The molecule has 1 heterocycles. The second-order valence-electron chi connectivity index (χ2n) is 4.11. The van der Waals surface area contributed by atoms with Crippen LogP contribution in [0.3, 0.4) is 0 Å². The molecule has 0 bridgehead atoms. The number of rotatable bonds is 4. The first-order valence-electron chi connectivity index (χ1n) is 5.67. The van der Waals surface area contributed by atoms with Gasteiger partial charge >= 0.3 is 0 Å². The van der Waals surface area contributed by atoms with Gasteiger partial charge in [0.2, 0.25) is 5.91 Å². The molecule has 1 rings (SSSR count). The Morgan fingerprint density at radius 3 is 2.93 bits per heavy atom. The van der Waals surface area contributed by atoms with Crippen molar-refractivity contribution in [3.05, 3.63) is 0 Å². The lowest BCUT2D eigenvalue weighted by Gasteiger charge is -2.35. The number of nitrogens with one attached hydrogen (secondary N) is 1. The van der Waals surface area contributed by atoms with Crippen LogP contribution in [0.4, 0.5) is 0 Å². The van der Waals surface area contributed by atoms with E-state index in [1.54, 1.807) is 6.92 Å². The van der Waals surface area contributed by atoms with E-state index in [2.05, 4.69) is 10.2 Å². The summed E-state index contributed by atoms with van der Waals surface area (Å²) in [5.74, 6) is 0.249. The molecule has 1 saturated heterocycles. The van der Waals surface area contributed by atoms with Crippen molar-refractivity contribution >= 4 is 5.91 Å². The van der Waals surface area contributed by atoms with Gasteiger partial charge in [0, 0.05) is 19.5 Å². The summed E-state index contributed by atoms with van der Waals surface area (Å²) in [6, 6.07) is 0.509. The molecule has 1 aliphatic rings. The van der Waals surface area contributed by atoms with Crippen LogP contribution in [0.1, 0.15) is 39.0 Å². The maximum atomic E-state index is 11.4. The highest BCUT2D eigenvalue weighted by atomic mass is 16.2. The van der Waals surface area contributed by atoms with Crippen molar-refractivity contribution in [3.63, 3.8) is 0 Å². The fourth-order valence-corrected chi connectivity index (χ4v) is 2.23. The van der Waals surface area contributed by atoms with Gasteiger partial charge in [-0.1, -0.05) is 0 Å². The molecule has 0 aromatic heterocycles. The normalized spacial score (nSPS) is 22.4. The topological polar surface area (TPSA) is 32.3 Å². The Hall–Kier alpha value is -0.570. The second-order valence-corrected chi connectivity index (χ2v) is 4.11. The molecule has 0 radical (unpaired) electrons. The summed E-state index contributed by atoms with van der Waals surface area (Å²) in [7, 11) is 1.98. The minimum Gasteiger partial charge on any atom is -0.340 e. The molecule has 0 spiro atoms. The van der Waals surface area contributed by atoms with E-state index in [4.69, 9.17) is 0 Å². The molecule has 82 valence electrons. The first-order chi connectivity index (χ1) is 6.75. The molecule has 0 aromatic carbocycles. The van der Waals surface area contributed by atoms with Gasteiger partial charge in [-0.2, -0.15) is 0 Å². The highest BCUT2D eigenvalue weighted by Gasteiger charge is 2.23. The SMILES string of the molecule is CNCCCC1CCCCN1C(C)=O. The third-order valence-electron chi connectivity index (χ3n) is 3.00. The first-order valence-corrected chi connectivity index (χ1v) is 5.67. The number of hydrogen-bond acceptors (Lipinski definition) is 2. The van der Waals surface area contributed by atoms with E-state index in [-0.39, 0.29) is 5.91 Å². The lowest BCUT2D eigenvalue weighted by Crippen LogP contribution is -2.42. The van der Waals surface area contributed by atoms with Gasteiger partial charge in [0.1, 0.15) is 0 Å². The predicted octanol–water partition coefficient (Wildman–Crippen LogP) is 1.39. The summed E-state index contributed by atoms with van der Waals surface area (Å²) in [5.41, 5.74) is 0. The molecule has 0 aliphatic carbocycles. The maximum Gasteiger partial charge on any atom is 0.219 e. The smallest absolute Gasteiger partial charge is 0.219 e. The van der Waals surface area contributed by atoms with Crippen molar-refractivity contribution in [3.8, 4) is 0 Å². The number of nitrogens with zero attached hydrogens (tertiary/aromatic N) is 1. The van der Waals surface area contributed by atoms with E-state index < -0.39 is 0 Å². The van der Waals surface area contributed by atoms with Gasteiger partial charge in [-0.05, 0) is 45.7 Å². The molecule has 0 saturated carbocycles. The highest BCUT2D eigenvalue weighted by Crippen LogP contribution is 2.20. The molecule has 1 fully saturated rings. The summed E-state index contributed by atoms with van der Waals surface area (Å²) < 4.78 is 0. The van der Waals surface area contributed by atoms with Crippen molar-refractivity contribution in [1.82, 2.24) is 10.2 Å². The highest BCUT2D eigenvalue weighted by molar-refractivity contribution is 5.73. The van der Waals surface area contributed by atoms with Crippen LogP contribution in [-0.4, -0.2) is 37.0 Å². The lowest BCUT2D eigenvalue weighted by molar-refractivity contribution is -0.132. The molecule has 14 heavy (non-hydrogen) atoms. The summed E-state index contributed by atoms with van der Waals surface area (Å²) >= 11 is 0. The van der Waals surface area contributed by atoms with Gasteiger partial charge in [0.15, 0.2) is 0 Å². The summed E-state index contributed by atoms with van der Waals surface area (Å²) in [6.45, 7) is 3.72. The Balaban J connectivity index is 2.34. The number of piperidine rings is 1. The van der Waals surface area contributed by atoms with Crippen LogP contribution in [0.25, 0.3) is 0 Å². The van der Waals surface area contributed by atoms with Crippen molar-refractivity contribution in [1.29, 1.82) is 0 Å². The lowest BCUT2D eigenvalue weighted by atomic mass is 9.98. The van der Waals surface area contributed by atoms with Crippen molar-refractivity contribution in [2.75, 3.05) is 20.1 Å². The fraction of sp³-hybridized carbons (Fsp3) is 0.909. The van der Waals surface area contributed by atoms with Crippen LogP contribution in [0.15, 0.2) is 0 Å². The Morgan fingerprint density at radius 2 is 2.29 bits per heavy atom. The molecule has 1 aliphatic heterocycles. The zero-order valence-corrected chi connectivity index (χ0v) is 9.38. The van der Waals surface area contributed by atoms with Crippen molar-refractivity contribution < 1.29 is 4.79 Å². The Kier molecular flexibility index (Phi) is 4.94. The molecular weight excluding hydrogens is 176 g/mol. The summed E-state index contributed by atoms with van der Waals surface area (Å²) in [4.78, 5) is 13.4. The van der Waals surface area contributed by atoms with Gasteiger partial charge < -0.3 is 10.2 Å². The van der Waals surface area contributed by atoms with E-state index in [1.807, 2.05) is 7.05 Å². The number of hydrogen-bond donors (Lipinski definition) is 1. The average molecular weight is 198 g/mol. The van der Waals surface area contributed by atoms with Crippen LogP contribution >= 0.6 is 0 Å². The Morgan fingerprint density at radius 1 is 1.50 bits per heavy atom. The van der Waals surface area contributed by atoms with Gasteiger partial charge in [0.25, 0.3) is 0 Å². The van der Waals surface area contributed by atoms with Crippen LogP contribution in [0.5, 0.6) is 0 Å². The number of carbonyl (C=O) groups excluding carboxylic acids is 1. The molecule has 0 aromatic rings. The van der Waals surface area contributed by atoms with Crippen LogP contribution < -0.4 is 5.32 Å². The fourth-order valence-electron chi connectivity index (χ4n) is 2.23. The van der Waals surface area contributed by atoms with Gasteiger partial charge in [-0.25, -0.2) is 0 Å². The number of carbonyl (C=O) groups is 1. The first kappa shape index (κ1) is 11.5. The zero-order chi connectivity index (χ0) is 10.4. The Bertz CT molecular complexity index is 182. The molecule has 1 unspecified atom stereocenters. The van der Waals surface area contributed by atoms with E-state index >= 15 is 0 Å². The van der Waals surface area contributed by atoms with E-state index in [1.165, 1.54) is 25.7 Å². The standard InChI is InChI=1S/C11H22N2O/c1-10(14)13-9-4-3-6-11(13)7-5-8-12-2/h11-12H,3-9H2,1-2H3. The van der Waals surface area contributed by atoms with Crippen molar-refractivity contribution in [2.24, 2.45) is 0 Å². The van der Waals surface area contributed by atoms with Gasteiger partial charge in [-0.15, -0.1) is 0 Å². The van der Waals surface area contributed by atoms with E-state index in [9.17, 15) is 4.79 Å². The Labute approximate surface area is 86.9 Å².